The van der Waals surface area contributed by atoms with Gasteiger partial charge in [0.05, 0.1) is 24.3 Å². The highest BCUT2D eigenvalue weighted by molar-refractivity contribution is 9.10. The second-order valence-electron chi connectivity index (χ2n) is 4.09. The Kier molecular flexibility index (Phi) is 3.35. The van der Waals surface area contributed by atoms with Crippen molar-refractivity contribution in [2.24, 2.45) is 0 Å². The summed E-state index contributed by atoms with van der Waals surface area (Å²) in [5, 5.41) is 0. The maximum absolute atomic E-state index is 12.2. The van der Waals surface area contributed by atoms with Crippen LogP contribution >= 0.6 is 15.9 Å². The topological polar surface area (TPSA) is 42.7 Å². The van der Waals surface area contributed by atoms with Crippen molar-refractivity contribution in [1.82, 2.24) is 4.90 Å². The maximum Gasteiger partial charge on any atom is 0.257 e. The average molecular weight is 288 g/mol. The van der Waals surface area contributed by atoms with Crippen molar-refractivity contribution in [3.8, 4) is 0 Å². The Morgan fingerprint density at radius 2 is 2.31 bits per heavy atom. The van der Waals surface area contributed by atoms with Crippen LogP contribution in [0.25, 0.3) is 0 Å². The molecule has 1 aromatic rings. The van der Waals surface area contributed by atoms with E-state index in [1.807, 2.05) is 18.7 Å². The molecule has 0 radical (unpaired) electrons. The van der Waals surface area contributed by atoms with Gasteiger partial charge >= 0.3 is 0 Å². The number of morpholine rings is 1. The first-order chi connectivity index (χ1) is 7.58. The van der Waals surface area contributed by atoms with E-state index in [0.29, 0.717) is 23.4 Å². The number of ether oxygens (including phenoxy) is 1. The summed E-state index contributed by atoms with van der Waals surface area (Å²) in [7, 11) is 0. The van der Waals surface area contributed by atoms with E-state index >= 15 is 0 Å². The minimum Gasteiger partial charge on any atom is -0.457 e. The van der Waals surface area contributed by atoms with Gasteiger partial charge in [-0.2, -0.15) is 0 Å². The van der Waals surface area contributed by atoms with E-state index in [1.54, 1.807) is 6.07 Å². The molecule has 1 amide bonds. The minimum absolute atomic E-state index is 0.00269. The van der Waals surface area contributed by atoms with E-state index in [-0.39, 0.29) is 18.1 Å². The fraction of sp³-hybridized carbons (Fsp3) is 0.545. The molecule has 1 fully saturated rings. The smallest absolute Gasteiger partial charge is 0.257 e. The van der Waals surface area contributed by atoms with Gasteiger partial charge in [-0.05, 0) is 29.8 Å². The maximum atomic E-state index is 12.2. The van der Waals surface area contributed by atoms with E-state index in [4.69, 9.17) is 9.15 Å². The molecule has 2 rings (SSSR count). The fourth-order valence-corrected chi connectivity index (χ4v) is 2.11. The zero-order valence-electron chi connectivity index (χ0n) is 9.27. The number of amides is 1. The minimum atomic E-state index is -0.00269. The standard InChI is InChI=1S/C11H14BrNO3/c1-7-5-15-8(2)4-13(7)11(14)9-3-10(12)16-6-9/h3,6-8H,4-5H2,1-2H3/t7-,8+/m0/s1. The van der Waals surface area contributed by atoms with E-state index in [2.05, 4.69) is 15.9 Å². The van der Waals surface area contributed by atoms with Gasteiger partial charge in [-0.1, -0.05) is 0 Å². The van der Waals surface area contributed by atoms with Crippen molar-refractivity contribution in [2.45, 2.75) is 26.0 Å². The Bertz CT molecular complexity index is 390. The molecule has 0 aromatic carbocycles. The molecule has 0 saturated carbocycles. The van der Waals surface area contributed by atoms with Crippen LogP contribution in [0.5, 0.6) is 0 Å². The SMILES string of the molecule is C[C@@H]1CN(C(=O)c2coc(Br)c2)[C@@H](C)CO1. The van der Waals surface area contributed by atoms with Crippen molar-refractivity contribution in [3.63, 3.8) is 0 Å². The highest BCUT2D eigenvalue weighted by atomic mass is 79.9. The average Bonchev–Trinajstić information content (AvgIpc) is 2.67. The molecule has 1 aliphatic rings. The number of hydrogen-bond acceptors (Lipinski definition) is 3. The molecular formula is C11H14BrNO3. The van der Waals surface area contributed by atoms with Crippen LogP contribution in [0, 0.1) is 0 Å². The van der Waals surface area contributed by atoms with Gasteiger partial charge < -0.3 is 14.1 Å². The fourth-order valence-electron chi connectivity index (χ4n) is 1.77. The highest BCUT2D eigenvalue weighted by Gasteiger charge is 2.28. The largest absolute Gasteiger partial charge is 0.457 e. The Hall–Kier alpha value is -0.810. The summed E-state index contributed by atoms with van der Waals surface area (Å²) in [6.45, 7) is 5.17. The highest BCUT2D eigenvalue weighted by Crippen LogP contribution is 2.19. The van der Waals surface area contributed by atoms with Gasteiger partial charge in [0, 0.05) is 12.6 Å². The summed E-state index contributed by atoms with van der Waals surface area (Å²) in [4.78, 5) is 14.0. The number of halogens is 1. The van der Waals surface area contributed by atoms with Crippen molar-refractivity contribution in [3.05, 3.63) is 22.6 Å². The zero-order valence-corrected chi connectivity index (χ0v) is 10.9. The van der Waals surface area contributed by atoms with Crippen molar-refractivity contribution in [1.29, 1.82) is 0 Å². The lowest BCUT2D eigenvalue weighted by molar-refractivity contribution is -0.0387. The molecule has 16 heavy (non-hydrogen) atoms. The van der Waals surface area contributed by atoms with Crippen molar-refractivity contribution >= 4 is 21.8 Å². The van der Waals surface area contributed by atoms with E-state index < -0.39 is 0 Å². The lowest BCUT2D eigenvalue weighted by Gasteiger charge is -2.36. The van der Waals surface area contributed by atoms with Crippen molar-refractivity contribution < 1.29 is 13.9 Å². The number of furan rings is 1. The molecule has 0 aliphatic carbocycles. The molecule has 0 unspecified atom stereocenters. The first-order valence-electron chi connectivity index (χ1n) is 5.24. The van der Waals surface area contributed by atoms with Gasteiger partial charge in [-0.25, -0.2) is 0 Å². The molecule has 0 spiro atoms. The predicted molar refractivity (Wildman–Crippen MR) is 62.3 cm³/mol. The monoisotopic (exact) mass is 287 g/mol. The summed E-state index contributed by atoms with van der Waals surface area (Å²) in [5.41, 5.74) is 0.577. The van der Waals surface area contributed by atoms with Gasteiger partial charge in [-0.15, -0.1) is 0 Å². The van der Waals surface area contributed by atoms with E-state index in [1.165, 1.54) is 6.26 Å². The summed E-state index contributed by atoms with van der Waals surface area (Å²) in [6.07, 6.45) is 1.56. The third-order valence-corrected chi connectivity index (χ3v) is 3.10. The molecule has 0 bridgehead atoms. The molecular weight excluding hydrogens is 274 g/mol. The summed E-state index contributed by atoms with van der Waals surface area (Å²) < 4.78 is 11.1. The second-order valence-corrected chi connectivity index (χ2v) is 4.87. The molecule has 4 nitrogen and oxygen atoms in total. The second kappa shape index (κ2) is 4.59. The van der Waals surface area contributed by atoms with Crippen LogP contribution in [0.1, 0.15) is 24.2 Å². The predicted octanol–water partition coefficient (Wildman–Crippen LogP) is 2.29. The van der Waals surface area contributed by atoms with Gasteiger partial charge in [0.25, 0.3) is 5.91 Å². The first-order valence-corrected chi connectivity index (χ1v) is 6.04. The summed E-state index contributed by atoms with van der Waals surface area (Å²) in [6, 6.07) is 1.80. The quantitative estimate of drug-likeness (QED) is 0.796. The summed E-state index contributed by atoms with van der Waals surface area (Å²) in [5.74, 6) is -0.00269. The van der Waals surface area contributed by atoms with Crippen LogP contribution in [0.15, 0.2) is 21.4 Å². The Labute approximate surface area is 103 Å². The number of carbonyl (C=O) groups is 1. The molecule has 1 saturated heterocycles. The lowest BCUT2D eigenvalue weighted by Crippen LogP contribution is -2.50. The lowest BCUT2D eigenvalue weighted by atomic mass is 10.1. The van der Waals surface area contributed by atoms with E-state index in [9.17, 15) is 4.79 Å². The third kappa shape index (κ3) is 2.30. The molecule has 0 N–H and O–H groups in total. The van der Waals surface area contributed by atoms with Crippen LogP contribution in [0.2, 0.25) is 0 Å². The number of rotatable bonds is 1. The molecule has 5 heteroatoms. The van der Waals surface area contributed by atoms with Crippen LogP contribution in [0.3, 0.4) is 0 Å². The molecule has 2 heterocycles. The summed E-state index contributed by atoms with van der Waals surface area (Å²) >= 11 is 3.19. The molecule has 2 atom stereocenters. The third-order valence-electron chi connectivity index (χ3n) is 2.68. The zero-order chi connectivity index (χ0) is 11.7. The van der Waals surface area contributed by atoms with E-state index in [0.717, 1.165) is 0 Å². The Morgan fingerprint density at radius 3 is 2.94 bits per heavy atom. The van der Waals surface area contributed by atoms with Crippen LogP contribution < -0.4 is 0 Å². The molecule has 1 aromatic heterocycles. The molecule has 88 valence electrons. The number of carbonyl (C=O) groups excluding carboxylic acids is 1. The molecule has 1 aliphatic heterocycles. The first kappa shape index (κ1) is 11.7. The van der Waals surface area contributed by atoms with Gasteiger partial charge in [0.2, 0.25) is 0 Å². The van der Waals surface area contributed by atoms with Gasteiger partial charge in [0.1, 0.15) is 6.26 Å². The number of hydrogen-bond donors (Lipinski definition) is 0. The van der Waals surface area contributed by atoms with Gasteiger partial charge in [0.15, 0.2) is 4.67 Å². The van der Waals surface area contributed by atoms with Crippen LogP contribution in [-0.4, -0.2) is 36.1 Å². The Morgan fingerprint density at radius 1 is 1.56 bits per heavy atom. The van der Waals surface area contributed by atoms with Crippen LogP contribution in [0.4, 0.5) is 0 Å². The van der Waals surface area contributed by atoms with Crippen LogP contribution in [-0.2, 0) is 4.74 Å². The normalized spacial score (nSPS) is 25.8. The number of nitrogens with zero attached hydrogens (tertiary/aromatic N) is 1. The van der Waals surface area contributed by atoms with Gasteiger partial charge in [-0.3, -0.25) is 4.79 Å². The Balaban J connectivity index is 2.14. The van der Waals surface area contributed by atoms with Crippen molar-refractivity contribution in [2.75, 3.05) is 13.2 Å².